The van der Waals surface area contributed by atoms with Crippen molar-refractivity contribution in [3.8, 4) is 0 Å². The highest BCUT2D eigenvalue weighted by atomic mass is 35.5. The maximum Gasteiger partial charge on any atom is 0.248 e. The summed E-state index contributed by atoms with van der Waals surface area (Å²) in [4.78, 5) is 12.4. The Hall–Kier alpha value is -2.12. The third-order valence-electron chi connectivity index (χ3n) is 3.30. The SMILES string of the molecule is C[C@H](C(=O)Nc1ccccc1Cl)N(c1ccc(F)cc1)S(C)(=O)=O. The van der Waals surface area contributed by atoms with Crippen molar-refractivity contribution in [2.24, 2.45) is 0 Å². The average Bonchev–Trinajstić information content (AvgIpc) is 2.50. The van der Waals surface area contributed by atoms with Crippen molar-refractivity contribution in [3.05, 3.63) is 59.4 Å². The molecular formula is C16H16ClFN2O3S. The van der Waals surface area contributed by atoms with Crippen LogP contribution in [0.3, 0.4) is 0 Å². The van der Waals surface area contributed by atoms with Gasteiger partial charge in [-0.1, -0.05) is 23.7 Å². The van der Waals surface area contributed by atoms with Gasteiger partial charge in [-0.15, -0.1) is 0 Å². The average molecular weight is 371 g/mol. The largest absolute Gasteiger partial charge is 0.323 e. The smallest absolute Gasteiger partial charge is 0.248 e. The Morgan fingerprint density at radius 3 is 2.29 bits per heavy atom. The molecule has 8 heteroatoms. The zero-order chi connectivity index (χ0) is 17.9. The van der Waals surface area contributed by atoms with Crippen molar-refractivity contribution in [2.75, 3.05) is 15.9 Å². The highest BCUT2D eigenvalue weighted by Gasteiger charge is 2.29. The first-order chi connectivity index (χ1) is 11.2. The van der Waals surface area contributed by atoms with E-state index in [1.807, 2.05) is 0 Å². The van der Waals surface area contributed by atoms with Gasteiger partial charge in [0.25, 0.3) is 0 Å². The van der Waals surface area contributed by atoms with E-state index in [1.54, 1.807) is 24.3 Å². The van der Waals surface area contributed by atoms with E-state index in [0.717, 1.165) is 22.7 Å². The molecule has 0 fully saturated rings. The van der Waals surface area contributed by atoms with Gasteiger partial charge in [0.1, 0.15) is 11.9 Å². The Morgan fingerprint density at radius 2 is 1.75 bits per heavy atom. The van der Waals surface area contributed by atoms with Crippen LogP contribution in [0.2, 0.25) is 5.02 Å². The molecular weight excluding hydrogens is 355 g/mol. The van der Waals surface area contributed by atoms with Crippen molar-refractivity contribution < 1.29 is 17.6 Å². The van der Waals surface area contributed by atoms with E-state index in [9.17, 15) is 17.6 Å². The van der Waals surface area contributed by atoms with E-state index in [2.05, 4.69) is 5.32 Å². The standard InChI is InChI=1S/C16H16ClFN2O3S/c1-11(16(21)19-15-6-4-3-5-14(15)17)20(24(2,22)23)13-9-7-12(18)8-10-13/h3-11H,1-2H3,(H,19,21)/t11-/m1/s1. The van der Waals surface area contributed by atoms with Gasteiger partial charge in [0.2, 0.25) is 15.9 Å². The lowest BCUT2D eigenvalue weighted by Crippen LogP contribution is -2.45. The van der Waals surface area contributed by atoms with Gasteiger partial charge in [0.05, 0.1) is 22.7 Å². The third kappa shape index (κ3) is 4.24. The summed E-state index contributed by atoms with van der Waals surface area (Å²) in [6.45, 7) is 1.44. The molecule has 0 bridgehead atoms. The molecule has 1 atom stereocenters. The zero-order valence-corrected chi connectivity index (χ0v) is 14.6. The number of anilines is 2. The quantitative estimate of drug-likeness (QED) is 0.878. The molecule has 2 rings (SSSR count). The summed E-state index contributed by atoms with van der Waals surface area (Å²) < 4.78 is 38.2. The molecule has 2 aromatic rings. The summed E-state index contributed by atoms with van der Waals surface area (Å²) in [7, 11) is -3.76. The second kappa shape index (κ2) is 7.19. The summed E-state index contributed by atoms with van der Waals surface area (Å²) in [5, 5.41) is 2.93. The van der Waals surface area contributed by atoms with Crippen LogP contribution in [-0.2, 0) is 14.8 Å². The van der Waals surface area contributed by atoms with Crippen LogP contribution < -0.4 is 9.62 Å². The highest BCUT2D eigenvalue weighted by molar-refractivity contribution is 7.92. The van der Waals surface area contributed by atoms with Gasteiger partial charge in [0, 0.05) is 0 Å². The van der Waals surface area contributed by atoms with Crippen LogP contribution in [0.25, 0.3) is 0 Å². The Kier molecular flexibility index (Phi) is 5.46. The minimum atomic E-state index is -3.76. The van der Waals surface area contributed by atoms with Crippen molar-refractivity contribution >= 4 is 38.9 Å². The van der Waals surface area contributed by atoms with Gasteiger partial charge in [-0.3, -0.25) is 9.10 Å². The van der Waals surface area contributed by atoms with Crippen molar-refractivity contribution in [1.82, 2.24) is 0 Å². The number of carbonyl (C=O) groups is 1. The number of amides is 1. The van der Waals surface area contributed by atoms with Crippen LogP contribution in [0.1, 0.15) is 6.92 Å². The van der Waals surface area contributed by atoms with E-state index in [0.29, 0.717) is 10.7 Å². The molecule has 0 heterocycles. The number of hydrogen-bond acceptors (Lipinski definition) is 3. The molecule has 0 spiro atoms. The number of benzene rings is 2. The number of sulfonamides is 1. The van der Waals surface area contributed by atoms with Gasteiger partial charge >= 0.3 is 0 Å². The maximum atomic E-state index is 13.1. The predicted octanol–water partition coefficient (Wildman–Crippen LogP) is 3.27. The first-order valence-corrected chi connectivity index (χ1v) is 9.23. The molecule has 0 aromatic heterocycles. The Morgan fingerprint density at radius 1 is 1.17 bits per heavy atom. The fourth-order valence-electron chi connectivity index (χ4n) is 2.20. The first kappa shape index (κ1) is 18.2. The Labute approximate surface area is 145 Å². The van der Waals surface area contributed by atoms with Crippen LogP contribution in [0.4, 0.5) is 15.8 Å². The van der Waals surface area contributed by atoms with Gasteiger partial charge in [-0.05, 0) is 43.3 Å². The van der Waals surface area contributed by atoms with Crippen LogP contribution in [0, 0.1) is 5.82 Å². The van der Waals surface area contributed by atoms with Gasteiger partial charge < -0.3 is 5.32 Å². The number of nitrogens with zero attached hydrogens (tertiary/aromatic N) is 1. The maximum absolute atomic E-state index is 13.1. The number of rotatable bonds is 5. The molecule has 0 aliphatic rings. The lowest BCUT2D eigenvalue weighted by Gasteiger charge is -2.28. The number of halogens is 2. The normalized spacial score (nSPS) is 12.5. The molecule has 0 unspecified atom stereocenters. The second-order valence-corrected chi connectivity index (χ2v) is 7.45. The van der Waals surface area contributed by atoms with Crippen molar-refractivity contribution in [1.29, 1.82) is 0 Å². The van der Waals surface area contributed by atoms with E-state index in [-0.39, 0.29) is 5.69 Å². The monoisotopic (exact) mass is 370 g/mol. The highest BCUT2D eigenvalue weighted by Crippen LogP contribution is 2.24. The second-order valence-electron chi connectivity index (χ2n) is 5.18. The molecule has 1 N–H and O–H groups in total. The lowest BCUT2D eigenvalue weighted by atomic mass is 10.2. The molecule has 0 radical (unpaired) electrons. The molecule has 0 aliphatic carbocycles. The van der Waals surface area contributed by atoms with Crippen molar-refractivity contribution in [2.45, 2.75) is 13.0 Å². The molecule has 0 aliphatic heterocycles. The summed E-state index contributed by atoms with van der Waals surface area (Å²) in [5.41, 5.74) is 0.573. The van der Waals surface area contributed by atoms with Gasteiger partial charge in [0.15, 0.2) is 0 Å². The fourth-order valence-corrected chi connectivity index (χ4v) is 3.55. The van der Waals surface area contributed by atoms with Gasteiger partial charge in [-0.2, -0.15) is 0 Å². The number of nitrogens with one attached hydrogen (secondary N) is 1. The van der Waals surface area contributed by atoms with E-state index >= 15 is 0 Å². The summed E-state index contributed by atoms with van der Waals surface area (Å²) in [6.07, 6.45) is 0.982. The van der Waals surface area contributed by atoms with Crippen LogP contribution in [-0.4, -0.2) is 26.6 Å². The third-order valence-corrected chi connectivity index (χ3v) is 4.87. The van der Waals surface area contributed by atoms with E-state index in [1.165, 1.54) is 19.1 Å². The number of hydrogen-bond donors (Lipinski definition) is 1. The van der Waals surface area contributed by atoms with Crippen LogP contribution in [0.15, 0.2) is 48.5 Å². The molecule has 5 nitrogen and oxygen atoms in total. The van der Waals surface area contributed by atoms with Crippen molar-refractivity contribution in [3.63, 3.8) is 0 Å². The molecule has 2 aromatic carbocycles. The number of carbonyl (C=O) groups excluding carboxylic acids is 1. The molecule has 0 saturated heterocycles. The Balaban J connectivity index is 2.31. The lowest BCUT2D eigenvalue weighted by molar-refractivity contribution is -0.116. The molecule has 0 saturated carbocycles. The molecule has 24 heavy (non-hydrogen) atoms. The van der Waals surface area contributed by atoms with E-state index in [4.69, 9.17) is 11.6 Å². The molecule has 1 amide bonds. The summed E-state index contributed by atoms with van der Waals surface area (Å²) >= 11 is 5.99. The summed E-state index contributed by atoms with van der Waals surface area (Å²) in [5.74, 6) is -1.06. The van der Waals surface area contributed by atoms with Crippen LogP contribution >= 0.6 is 11.6 Å². The fraction of sp³-hybridized carbons (Fsp3) is 0.188. The topological polar surface area (TPSA) is 66.5 Å². The minimum Gasteiger partial charge on any atom is -0.323 e. The zero-order valence-electron chi connectivity index (χ0n) is 13.0. The first-order valence-electron chi connectivity index (χ1n) is 7.00. The van der Waals surface area contributed by atoms with E-state index < -0.39 is 27.8 Å². The van der Waals surface area contributed by atoms with Gasteiger partial charge in [-0.25, -0.2) is 12.8 Å². The number of para-hydroxylation sites is 1. The molecule has 128 valence electrons. The Bertz CT molecular complexity index is 841. The summed E-state index contributed by atoms with van der Waals surface area (Å²) in [6, 6.07) is 10.4. The minimum absolute atomic E-state index is 0.195. The van der Waals surface area contributed by atoms with Crippen LogP contribution in [0.5, 0.6) is 0 Å². The predicted molar refractivity (Wildman–Crippen MR) is 93.3 cm³/mol.